The van der Waals surface area contributed by atoms with Crippen molar-refractivity contribution in [3.63, 3.8) is 0 Å². The number of rotatable bonds is 2. The average Bonchev–Trinajstić information content (AvgIpc) is 2.94. The van der Waals surface area contributed by atoms with E-state index < -0.39 is 0 Å². The van der Waals surface area contributed by atoms with Gasteiger partial charge in [-0.3, -0.25) is 9.69 Å². The second-order valence-electron chi connectivity index (χ2n) is 5.32. The molecule has 2 unspecified atom stereocenters. The number of nitrogens with zero attached hydrogens (tertiary/aromatic N) is 1. The number of carbonyl (C=O) groups is 1. The van der Waals surface area contributed by atoms with Gasteiger partial charge in [-0.2, -0.15) is 0 Å². The van der Waals surface area contributed by atoms with Gasteiger partial charge in [0.05, 0.1) is 10.6 Å². The van der Waals surface area contributed by atoms with E-state index in [-0.39, 0.29) is 11.9 Å². The number of benzene rings is 1. The highest BCUT2D eigenvalue weighted by atomic mass is 35.5. The topological polar surface area (TPSA) is 58.4 Å². The van der Waals surface area contributed by atoms with Crippen molar-refractivity contribution in [3.05, 3.63) is 28.8 Å². The van der Waals surface area contributed by atoms with E-state index in [0.717, 1.165) is 19.5 Å². The summed E-state index contributed by atoms with van der Waals surface area (Å²) >= 11 is 6.07. The fourth-order valence-corrected chi connectivity index (χ4v) is 3.54. The van der Waals surface area contributed by atoms with Crippen LogP contribution in [0.15, 0.2) is 18.2 Å². The standard InChI is InChI=1S/C14H18ClN3O/c15-9-3-1-4-10(16)13(9)14(19)17-11-6-8-18-7-2-5-12(11)18/h1,3-4,11-12H,2,5-8,16H2,(H,17,19). The monoisotopic (exact) mass is 279 g/mol. The molecule has 2 atom stereocenters. The first-order valence-electron chi connectivity index (χ1n) is 6.75. The smallest absolute Gasteiger partial charge is 0.255 e. The van der Waals surface area contributed by atoms with Gasteiger partial charge in [0, 0.05) is 24.3 Å². The van der Waals surface area contributed by atoms with E-state index in [1.165, 1.54) is 12.8 Å². The molecule has 0 bridgehead atoms. The Labute approximate surface area is 117 Å². The molecule has 5 heteroatoms. The van der Waals surface area contributed by atoms with Crippen LogP contribution in [0.2, 0.25) is 5.02 Å². The maximum atomic E-state index is 12.3. The van der Waals surface area contributed by atoms with E-state index in [1.54, 1.807) is 18.2 Å². The zero-order valence-corrected chi connectivity index (χ0v) is 11.5. The first-order valence-corrected chi connectivity index (χ1v) is 7.13. The van der Waals surface area contributed by atoms with E-state index >= 15 is 0 Å². The molecule has 2 saturated heterocycles. The molecule has 2 aliphatic heterocycles. The highest BCUT2D eigenvalue weighted by Gasteiger charge is 2.38. The molecule has 102 valence electrons. The van der Waals surface area contributed by atoms with Gasteiger partial charge in [-0.15, -0.1) is 0 Å². The van der Waals surface area contributed by atoms with Crippen molar-refractivity contribution < 1.29 is 4.79 Å². The quantitative estimate of drug-likeness (QED) is 0.813. The molecule has 0 spiro atoms. The fraction of sp³-hybridized carbons (Fsp3) is 0.500. The molecule has 1 aromatic rings. The summed E-state index contributed by atoms with van der Waals surface area (Å²) in [5.74, 6) is -0.151. The highest BCUT2D eigenvalue weighted by Crippen LogP contribution is 2.29. The van der Waals surface area contributed by atoms with Crippen LogP contribution in [0.1, 0.15) is 29.6 Å². The number of amides is 1. The normalized spacial score (nSPS) is 26.4. The molecule has 2 fully saturated rings. The van der Waals surface area contributed by atoms with E-state index in [1.807, 2.05) is 0 Å². The molecule has 3 N–H and O–H groups in total. The SMILES string of the molecule is Nc1cccc(Cl)c1C(=O)NC1CCN2CCCC12. The molecule has 4 nitrogen and oxygen atoms in total. The van der Waals surface area contributed by atoms with Crippen molar-refractivity contribution in [1.29, 1.82) is 0 Å². The summed E-state index contributed by atoms with van der Waals surface area (Å²) in [5, 5.41) is 3.52. The Morgan fingerprint density at radius 1 is 1.37 bits per heavy atom. The Kier molecular flexibility index (Phi) is 3.37. The van der Waals surface area contributed by atoms with Crippen LogP contribution in [0.3, 0.4) is 0 Å². The van der Waals surface area contributed by atoms with Crippen LogP contribution >= 0.6 is 11.6 Å². The van der Waals surface area contributed by atoms with Crippen molar-refractivity contribution >= 4 is 23.2 Å². The molecule has 0 aromatic heterocycles. The van der Waals surface area contributed by atoms with Crippen LogP contribution in [0.25, 0.3) is 0 Å². The van der Waals surface area contributed by atoms with Gasteiger partial charge < -0.3 is 11.1 Å². The van der Waals surface area contributed by atoms with Crippen LogP contribution in [-0.4, -0.2) is 36.0 Å². The van der Waals surface area contributed by atoms with Crippen LogP contribution in [0.4, 0.5) is 5.69 Å². The first-order chi connectivity index (χ1) is 9.16. The van der Waals surface area contributed by atoms with Gasteiger partial charge in [0.1, 0.15) is 0 Å². The van der Waals surface area contributed by atoms with Crippen molar-refractivity contribution in [2.24, 2.45) is 0 Å². The lowest BCUT2D eigenvalue weighted by Crippen LogP contribution is -2.42. The molecule has 0 saturated carbocycles. The lowest BCUT2D eigenvalue weighted by Gasteiger charge is -2.21. The van der Waals surface area contributed by atoms with Gasteiger partial charge in [-0.05, 0) is 37.9 Å². The van der Waals surface area contributed by atoms with Crippen molar-refractivity contribution in [1.82, 2.24) is 10.2 Å². The van der Waals surface area contributed by atoms with E-state index in [2.05, 4.69) is 10.2 Å². The maximum absolute atomic E-state index is 12.3. The zero-order valence-electron chi connectivity index (χ0n) is 10.7. The second-order valence-corrected chi connectivity index (χ2v) is 5.73. The number of nitrogen functional groups attached to an aromatic ring is 1. The molecular weight excluding hydrogens is 262 g/mol. The number of halogens is 1. The summed E-state index contributed by atoms with van der Waals surface area (Å²) < 4.78 is 0. The first kappa shape index (κ1) is 12.8. The predicted molar refractivity (Wildman–Crippen MR) is 76.3 cm³/mol. The molecule has 2 heterocycles. The van der Waals surface area contributed by atoms with Crippen LogP contribution in [0, 0.1) is 0 Å². The Balaban J connectivity index is 1.75. The molecular formula is C14H18ClN3O. The van der Waals surface area contributed by atoms with Gasteiger partial charge in [0.2, 0.25) is 0 Å². The molecule has 2 aliphatic rings. The summed E-state index contributed by atoms with van der Waals surface area (Å²) in [7, 11) is 0. The summed E-state index contributed by atoms with van der Waals surface area (Å²) in [5.41, 5.74) is 6.69. The van der Waals surface area contributed by atoms with E-state index in [4.69, 9.17) is 17.3 Å². The summed E-state index contributed by atoms with van der Waals surface area (Å²) in [6.45, 7) is 2.24. The average molecular weight is 280 g/mol. The van der Waals surface area contributed by atoms with E-state index in [0.29, 0.717) is 22.3 Å². The number of fused-ring (bicyclic) bond motifs is 1. The summed E-state index contributed by atoms with van der Waals surface area (Å²) in [4.78, 5) is 14.8. The third-order valence-corrected chi connectivity index (χ3v) is 4.51. The molecule has 3 rings (SSSR count). The van der Waals surface area contributed by atoms with Gasteiger partial charge in [0.25, 0.3) is 5.91 Å². The third-order valence-electron chi connectivity index (χ3n) is 4.20. The van der Waals surface area contributed by atoms with Gasteiger partial charge in [0.15, 0.2) is 0 Å². The van der Waals surface area contributed by atoms with Crippen LogP contribution < -0.4 is 11.1 Å². The minimum Gasteiger partial charge on any atom is -0.398 e. The molecule has 1 aromatic carbocycles. The number of hydrogen-bond donors (Lipinski definition) is 2. The highest BCUT2D eigenvalue weighted by molar-refractivity contribution is 6.34. The van der Waals surface area contributed by atoms with Crippen molar-refractivity contribution in [3.8, 4) is 0 Å². The molecule has 0 aliphatic carbocycles. The Morgan fingerprint density at radius 2 is 2.21 bits per heavy atom. The zero-order chi connectivity index (χ0) is 13.4. The molecule has 0 radical (unpaired) electrons. The third kappa shape index (κ3) is 2.30. The van der Waals surface area contributed by atoms with Gasteiger partial charge in [-0.1, -0.05) is 17.7 Å². The van der Waals surface area contributed by atoms with Crippen LogP contribution in [0.5, 0.6) is 0 Å². The maximum Gasteiger partial charge on any atom is 0.255 e. The van der Waals surface area contributed by atoms with Gasteiger partial charge >= 0.3 is 0 Å². The Bertz CT molecular complexity index is 485. The number of anilines is 1. The second kappa shape index (κ2) is 5.02. The Hall–Kier alpha value is -1.26. The lowest BCUT2D eigenvalue weighted by atomic mass is 10.1. The summed E-state index contributed by atoms with van der Waals surface area (Å²) in [6.07, 6.45) is 3.41. The van der Waals surface area contributed by atoms with Crippen LogP contribution in [-0.2, 0) is 0 Å². The van der Waals surface area contributed by atoms with Gasteiger partial charge in [-0.25, -0.2) is 0 Å². The largest absolute Gasteiger partial charge is 0.398 e. The van der Waals surface area contributed by atoms with Crippen molar-refractivity contribution in [2.45, 2.75) is 31.3 Å². The number of carbonyl (C=O) groups excluding carboxylic acids is 1. The predicted octanol–water partition coefficient (Wildman–Crippen LogP) is 1.89. The lowest BCUT2D eigenvalue weighted by molar-refractivity contribution is 0.0930. The Morgan fingerprint density at radius 3 is 3.00 bits per heavy atom. The number of nitrogens with two attached hydrogens (primary N) is 1. The minimum atomic E-state index is -0.151. The number of nitrogens with one attached hydrogen (secondary N) is 1. The minimum absolute atomic E-state index is 0.151. The van der Waals surface area contributed by atoms with E-state index in [9.17, 15) is 4.79 Å². The molecule has 19 heavy (non-hydrogen) atoms. The summed E-state index contributed by atoms with van der Waals surface area (Å²) in [6, 6.07) is 5.88. The molecule has 1 amide bonds. The number of hydrogen-bond acceptors (Lipinski definition) is 3. The fourth-order valence-electron chi connectivity index (χ4n) is 3.27. The van der Waals surface area contributed by atoms with Crippen molar-refractivity contribution in [2.75, 3.05) is 18.8 Å².